The molecule has 0 unspecified atom stereocenters. The van der Waals surface area contributed by atoms with Gasteiger partial charge in [0.25, 0.3) is 0 Å². The first-order valence-electron chi connectivity index (χ1n) is 13.1. The largest absolute Gasteiger partial charge is 0.433 e. The highest BCUT2D eigenvalue weighted by Gasteiger charge is 2.34. The van der Waals surface area contributed by atoms with Gasteiger partial charge in [0.15, 0.2) is 0 Å². The predicted molar refractivity (Wildman–Crippen MR) is 149 cm³/mol. The topological polar surface area (TPSA) is 98.9 Å². The maximum Gasteiger partial charge on any atom is 0.433 e. The maximum absolute atomic E-state index is 13.5. The monoisotopic (exact) mass is 571 g/mol. The molecule has 0 aliphatic heterocycles. The smallest absolute Gasteiger partial charge is 0.382 e. The van der Waals surface area contributed by atoms with Crippen LogP contribution in [0.25, 0.3) is 21.8 Å². The van der Waals surface area contributed by atoms with Crippen LogP contribution in [0, 0.1) is 0 Å². The maximum atomic E-state index is 13.5. The van der Waals surface area contributed by atoms with E-state index in [0.717, 1.165) is 22.5 Å². The number of para-hydroxylation sites is 1. The second-order valence-corrected chi connectivity index (χ2v) is 10.7. The quantitative estimate of drug-likeness (QED) is 0.219. The van der Waals surface area contributed by atoms with Gasteiger partial charge < -0.3 is 20.9 Å². The number of anilines is 1. The normalized spacial score (nSPS) is 18.4. The van der Waals surface area contributed by atoms with E-state index in [1.165, 1.54) is 19.1 Å². The fourth-order valence-electron chi connectivity index (χ4n) is 5.34. The SMILES string of the molecule is CC(=O)N[C@H](Cc1c[nH]c2ccccc12)C(=O)NC1CCC(Nc2cc(C(F)(F)F)nc3ccc(Cl)cc23)CC1. The van der Waals surface area contributed by atoms with E-state index in [9.17, 15) is 22.8 Å². The van der Waals surface area contributed by atoms with Crippen molar-refractivity contribution in [2.45, 2.75) is 63.3 Å². The van der Waals surface area contributed by atoms with E-state index in [1.807, 2.05) is 30.5 Å². The van der Waals surface area contributed by atoms with E-state index >= 15 is 0 Å². The molecule has 1 fully saturated rings. The van der Waals surface area contributed by atoms with Gasteiger partial charge in [-0.2, -0.15) is 13.2 Å². The van der Waals surface area contributed by atoms with Crippen molar-refractivity contribution in [3.63, 3.8) is 0 Å². The molecule has 5 rings (SSSR count). The number of hydrogen-bond acceptors (Lipinski definition) is 4. The molecule has 40 heavy (non-hydrogen) atoms. The molecule has 11 heteroatoms. The van der Waals surface area contributed by atoms with Crippen LogP contribution in [0.15, 0.2) is 54.7 Å². The summed E-state index contributed by atoms with van der Waals surface area (Å²) in [6.45, 7) is 1.38. The minimum atomic E-state index is -4.58. The molecule has 1 atom stereocenters. The third-order valence-corrected chi connectivity index (χ3v) is 7.52. The number of amides is 2. The Labute approximate surface area is 233 Å². The molecule has 4 N–H and O–H groups in total. The highest BCUT2D eigenvalue weighted by Crippen LogP contribution is 2.35. The minimum absolute atomic E-state index is 0.0869. The van der Waals surface area contributed by atoms with Crippen LogP contribution in [-0.4, -0.2) is 39.9 Å². The van der Waals surface area contributed by atoms with Crippen molar-refractivity contribution in [2.75, 3.05) is 5.32 Å². The van der Waals surface area contributed by atoms with Gasteiger partial charge in [-0.3, -0.25) is 9.59 Å². The van der Waals surface area contributed by atoms with Gasteiger partial charge in [-0.25, -0.2) is 4.98 Å². The third-order valence-electron chi connectivity index (χ3n) is 7.29. The molecule has 0 bridgehead atoms. The van der Waals surface area contributed by atoms with Crippen LogP contribution in [0.1, 0.15) is 43.9 Å². The number of fused-ring (bicyclic) bond motifs is 2. The van der Waals surface area contributed by atoms with Gasteiger partial charge in [0.2, 0.25) is 11.8 Å². The lowest BCUT2D eigenvalue weighted by Gasteiger charge is -2.31. The molecule has 1 aliphatic carbocycles. The minimum Gasteiger partial charge on any atom is -0.382 e. The third kappa shape index (κ3) is 6.33. The number of carbonyl (C=O) groups excluding carboxylic acids is 2. The Morgan fingerprint density at radius 1 is 1.05 bits per heavy atom. The number of benzene rings is 2. The average Bonchev–Trinajstić information content (AvgIpc) is 3.31. The molecule has 2 heterocycles. The van der Waals surface area contributed by atoms with E-state index in [0.29, 0.717) is 48.2 Å². The van der Waals surface area contributed by atoms with Crippen LogP contribution in [0.3, 0.4) is 0 Å². The summed E-state index contributed by atoms with van der Waals surface area (Å²) < 4.78 is 40.4. The average molecular weight is 572 g/mol. The predicted octanol–water partition coefficient (Wildman–Crippen LogP) is 5.98. The van der Waals surface area contributed by atoms with Crippen molar-refractivity contribution in [1.82, 2.24) is 20.6 Å². The Bertz CT molecular complexity index is 1550. The van der Waals surface area contributed by atoms with Crippen LogP contribution >= 0.6 is 11.6 Å². The summed E-state index contributed by atoms with van der Waals surface area (Å²) >= 11 is 6.11. The van der Waals surface area contributed by atoms with Gasteiger partial charge in [0.05, 0.1) is 5.52 Å². The number of nitrogens with zero attached hydrogens (tertiary/aromatic N) is 1. The Morgan fingerprint density at radius 2 is 1.77 bits per heavy atom. The summed E-state index contributed by atoms with van der Waals surface area (Å²) in [6, 6.07) is 12.5. The number of nitrogens with one attached hydrogen (secondary N) is 4. The van der Waals surface area contributed by atoms with Crippen molar-refractivity contribution in [1.29, 1.82) is 0 Å². The summed E-state index contributed by atoms with van der Waals surface area (Å²) in [6.07, 6.45) is 0.172. The zero-order valence-electron chi connectivity index (χ0n) is 21.7. The Hall–Kier alpha value is -3.79. The summed E-state index contributed by atoms with van der Waals surface area (Å²) in [5.41, 5.74) is 1.46. The lowest BCUT2D eigenvalue weighted by Crippen LogP contribution is -2.51. The highest BCUT2D eigenvalue weighted by atomic mass is 35.5. The Kier molecular flexibility index (Phi) is 7.89. The van der Waals surface area contributed by atoms with Gasteiger partial charge >= 0.3 is 6.18 Å². The van der Waals surface area contributed by atoms with E-state index in [1.54, 1.807) is 6.07 Å². The molecule has 0 radical (unpaired) electrons. The number of pyridine rings is 1. The second kappa shape index (κ2) is 11.4. The highest BCUT2D eigenvalue weighted by molar-refractivity contribution is 6.31. The zero-order valence-corrected chi connectivity index (χ0v) is 22.5. The van der Waals surface area contributed by atoms with E-state index in [-0.39, 0.29) is 29.4 Å². The van der Waals surface area contributed by atoms with E-state index < -0.39 is 17.9 Å². The standard InChI is InChI=1S/C29H29ClF3N5O2/c1-16(39)35-26(12-17-15-34-23-5-3-2-4-21(17)23)28(40)37-20-9-7-19(8-10-20)36-25-14-27(29(31,32)33)38-24-11-6-18(30)13-22(24)25/h2-6,11,13-15,19-20,26,34H,7-10,12H2,1H3,(H,35,39)(H,36,38)(H,37,40)/t19?,20?,26-/m1/s1. The van der Waals surface area contributed by atoms with Crippen LogP contribution in [0.5, 0.6) is 0 Å². The van der Waals surface area contributed by atoms with E-state index in [4.69, 9.17) is 11.6 Å². The molecule has 0 saturated heterocycles. The van der Waals surface area contributed by atoms with Crippen molar-refractivity contribution in [2.24, 2.45) is 0 Å². The summed E-state index contributed by atoms with van der Waals surface area (Å²) in [5, 5.41) is 11.0. The van der Waals surface area contributed by atoms with Crippen molar-refractivity contribution in [3.05, 3.63) is 71.0 Å². The van der Waals surface area contributed by atoms with E-state index in [2.05, 4.69) is 25.9 Å². The van der Waals surface area contributed by atoms with Gasteiger partial charge in [0, 0.05) is 58.6 Å². The van der Waals surface area contributed by atoms with Crippen LogP contribution < -0.4 is 16.0 Å². The fraction of sp³-hybridized carbons (Fsp3) is 0.345. The molecule has 4 aromatic rings. The van der Waals surface area contributed by atoms with Gasteiger partial charge in [-0.15, -0.1) is 0 Å². The molecule has 2 amide bonds. The number of halogens is 4. The van der Waals surface area contributed by atoms with Crippen molar-refractivity contribution < 1.29 is 22.8 Å². The van der Waals surface area contributed by atoms with Gasteiger partial charge in [-0.1, -0.05) is 29.8 Å². The first kappa shape index (κ1) is 27.8. The van der Waals surface area contributed by atoms with Crippen molar-refractivity contribution >= 4 is 50.9 Å². The molecular weight excluding hydrogens is 543 g/mol. The number of rotatable bonds is 7. The summed E-state index contributed by atoms with van der Waals surface area (Å²) in [4.78, 5) is 32.0. The molecule has 2 aromatic heterocycles. The lowest BCUT2D eigenvalue weighted by atomic mass is 9.90. The molecule has 2 aromatic carbocycles. The summed E-state index contributed by atoms with van der Waals surface area (Å²) in [7, 11) is 0. The molecule has 210 valence electrons. The Balaban J connectivity index is 1.24. The number of aromatic nitrogens is 2. The van der Waals surface area contributed by atoms with Crippen LogP contribution in [0.4, 0.5) is 18.9 Å². The zero-order chi connectivity index (χ0) is 28.4. The second-order valence-electron chi connectivity index (χ2n) is 10.2. The fourth-order valence-corrected chi connectivity index (χ4v) is 5.51. The first-order chi connectivity index (χ1) is 19.1. The first-order valence-corrected chi connectivity index (χ1v) is 13.5. The molecule has 7 nitrogen and oxygen atoms in total. The number of aromatic amines is 1. The Morgan fingerprint density at radius 3 is 2.50 bits per heavy atom. The number of carbonyl (C=O) groups is 2. The number of alkyl halides is 3. The van der Waals surface area contributed by atoms with Crippen LogP contribution in [-0.2, 0) is 22.2 Å². The summed E-state index contributed by atoms with van der Waals surface area (Å²) in [5.74, 6) is -0.558. The van der Waals surface area contributed by atoms with Gasteiger partial charge in [0.1, 0.15) is 11.7 Å². The molecule has 0 spiro atoms. The molecule has 1 aliphatic rings. The van der Waals surface area contributed by atoms with Crippen LogP contribution in [0.2, 0.25) is 5.02 Å². The lowest BCUT2D eigenvalue weighted by molar-refractivity contribution is -0.140. The molecular formula is C29H29ClF3N5O2. The number of hydrogen-bond donors (Lipinski definition) is 4. The van der Waals surface area contributed by atoms with Gasteiger partial charge in [-0.05, 0) is 61.6 Å². The molecule has 1 saturated carbocycles. The number of H-pyrrole nitrogens is 1. The van der Waals surface area contributed by atoms with Crippen molar-refractivity contribution in [3.8, 4) is 0 Å².